The predicted molar refractivity (Wildman–Crippen MR) is 73.6 cm³/mol. The number of benzene rings is 1. The molecule has 0 atom stereocenters. The van der Waals surface area contributed by atoms with Crippen LogP contribution in [0.4, 0.5) is 0 Å². The Morgan fingerprint density at radius 1 is 1.47 bits per heavy atom. The van der Waals surface area contributed by atoms with Gasteiger partial charge in [0.25, 0.3) is 5.91 Å². The van der Waals surface area contributed by atoms with Crippen LogP contribution < -0.4 is 0 Å². The number of methoxy groups -OCH3 is 1. The molecule has 0 radical (unpaired) electrons. The zero-order chi connectivity index (χ0) is 13.8. The molecule has 0 spiro atoms. The first-order valence-electron chi connectivity index (χ1n) is 6.38. The number of likely N-dealkylation sites (tertiary alicyclic amines) is 1. The Labute approximate surface area is 117 Å². The van der Waals surface area contributed by atoms with E-state index in [1.807, 2.05) is 0 Å². The molecule has 1 N–H and O–H groups in total. The van der Waals surface area contributed by atoms with Gasteiger partial charge in [0.05, 0.1) is 5.56 Å². The molecule has 0 unspecified atom stereocenters. The molecular weight excluding hydrogens is 266 g/mol. The van der Waals surface area contributed by atoms with Gasteiger partial charge in [-0.1, -0.05) is 11.6 Å². The molecule has 0 bridgehead atoms. The fourth-order valence-corrected chi connectivity index (χ4v) is 2.56. The maximum Gasteiger partial charge on any atom is 0.257 e. The van der Waals surface area contributed by atoms with Crippen molar-refractivity contribution in [1.82, 2.24) is 4.90 Å². The highest BCUT2D eigenvalue weighted by molar-refractivity contribution is 6.30. The van der Waals surface area contributed by atoms with E-state index < -0.39 is 0 Å². The van der Waals surface area contributed by atoms with Gasteiger partial charge in [0, 0.05) is 31.8 Å². The highest BCUT2D eigenvalue weighted by atomic mass is 35.5. The van der Waals surface area contributed by atoms with Crippen molar-refractivity contribution in [3.05, 3.63) is 28.8 Å². The zero-order valence-corrected chi connectivity index (χ0v) is 11.7. The predicted octanol–water partition coefficient (Wildman–Crippen LogP) is 2.54. The standard InChI is InChI=1S/C14H18ClNO3/c1-19-9-10-4-6-16(7-5-10)14(18)12-3-2-11(15)8-13(12)17/h2-3,8,10,17H,4-7,9H2,1H3. The summed E-state index contributed by atoms with van der Waals surface area (Å²) in [7, 11) is 1.70. The fourth-order valence-electron chi connectivity index (χ4n) is 2.39. The Bertz CT molecular complexity index is 456. The van der Waals surface area contributed by atoms with Gasteiger partial charge < -0.3 is 14.7 Å². The third-order valence-electron chi connectivity index (χ3n) is 3.49. The summed E-state index contributed by atoms with van der Waals surface area (Å²) in [6, 6.07) is 4.58. The summed E-state index contributed by atoms with van der Waals surface area (Å²) in [6.07, 6.45) is 1.88. The molecule has 1 saturated heterocycles. The van der Waals surface area contributed by atoms with Crippen molar-refractivity contribution in [2.75, 3.05) is 26.8 Å². The number of phenolic OH excluding ortho intramolecular Hbond substituents is 1. The van der Waals surface area contributed by atoms with E-state index in [2.05, 4.69) is 0 Å². The number of phenols is 1. The average Bonchev–Trinajstić information content (AvgIpc) is 2.39. The SMILES string of the molecule is COCC1CCN(C(=O)c2ccc(Cl)cc2O)CC1. The van der Waals surface area contributed by atoms with E-state index in [4.69, 9.17) is 16.3 Å². The molecule has 1 heterocycles. The van der Waals surface area contributed by atoms with Crippen molar-refractivity contribution in [2.24, 2.45) is 5.92 Å². The van der Waals surface area contributed by atoms with Crippen LogP contribution in [0.2, 0.25) is 5.02 Å². The highest BCUT2D eigenvalue weighted by Gasteiger charge is 2.25. The molecule has 0 saturated carbocycles. The summed E-state index contributed by atoms with van der Waals surface area (Å²) < 4.78 is 5.14. The minimum absolute atomic E-state index is 0.0588. The Hall–Kier alpha value is -1.26. The van der Waals surface area contributed by atoms with E-state index in [-0.39, 0.29) is 11.7 Å². The van der Waals surface area contributed by atoms with Crippen LogP contribution in [0.15, 0.2) is 18.2 Å². The lowest BCUT2D eigenvalue weighted by molar-refractivity contribution is 0.0611. The number of hydrogen-bond donors (Lipinski definition) is 1. The monoisotopic (exact) mass is 283 g/mol. The van der Waals surface area contributed by atoms with Crippen molar-refractivity contribution in [2.45, 2.75) is 12.8 Å². The molecule has 1 aliphatic rings. The Morgan fingerprint density at radius 3 is 2.74 bits per heavy atom. The van der Waals surface area contributed by atoms with Crippen LogP contribution in [0, 0.1) is 5.92 Å². The lowest BCUT2D eigenvalue weighted by Crippen LogP contribution is -2.39. The molecular formula is C14H18ClNO3. The van der Waals surface area contributed by atoms with Crippen LogP contribution in [0.3, 0.4) is 0 Å². The summed E-state index contributed by atoms with van der Waals surface area (Å²) in [6.45, 7) is 2.15. The number of rotatable bonds is 3. The molecule has 0 aromatic heterocycles. The summed E-state index contributed by atoms with van der Waals surface area (Å²) in [5, 5.41) is 10.2. The van der Waals surface area contributed by atoms with E-state index >= 15 is 0 Å². The number of nitrogens with zero attached hydrogens (tertiary/aromatic N) is 1. The summed E-state index contributed by atoms with van der Waals surface area (Å²) >= 11 is 5.76. The topological polar surface area (TPSA) is 49.8 Å². The Balaban J connectivity index is 2.01. The van der Waals surface area contributed by atoms with Gasteiger partial charge in [-0.3, -0.25) is 4.79 Å². The van der Waals surface area contributed by atoms with Crippen LogP contribution >= 0.6 is 11.6 Å². The maximum atomic E-state index is 12.3. The number of ether oxygens (including phenoxy) is 1. The molecule has 1 aliphatic heterocycles. The van der Waals surface area contributed by atoms with Gasteiger partial charge in [-0.2, -0.15) is 0 Å². The van der Waals surface area contributed by atoms with Crippen molar-refractivity contribution in [3.63, 3.8) is 0 Å². The number of aromatic hydroxyl groups is 1. The van der Waals surface area contributed by atoms with Crippen LogP contribution in [0.1, 0.15) is 23.2 Å². The van der Waals surface area contributed by atoms with E-state index in [0.29, 0.717) is 29.6 Å². The molecule has 104 valence electrons. The normalized spacial score (nSPS) is 16.6. The first kappa shape index (κ1) is 14.2. The maximum absolute atomic E-state index is 12.3. The molecule has 1 fully saturated rings. The number of piperidine rings is 1. The highest BCUT2D eigenvalue weighted by Crippen LogP contribution is 2.25. The van der Waals surface area contributed by atoms with Gasteiger partial charge in [0.1, 0.15) is 5.75 Å². The lowest BCUT2D eigenvalue weighted by atomic mass is 9.97. The first-order valence-corrected chi connectivity index (χ1v) is 6.76. The van der Waals surface area contributed by atoms with Gasteiger partial charge >= 0.3 is 0 Å². The molecule has 1 aromatic carbocycles. The second-order valence-electron chi connectivity index (χ2n) is 4.85. The number of amides is 1. The van der Waals surface area contributed by atoms with Crippen molar-refractivity contribution < 1.29 is 14.6 Å². The van der Waals surface area contributed by atoms with Gasteiger partial charge in [-0.25, -0.2) is 0 Å². The minimum atomic E-state index is -0.134. The number of halogens is 1. The van der Waals surface area contributed by atoms with E-state index in [9.17, 15) is 9.90 Å². The number of carbonyl (C=O) groups is 1. The van der Waals surface area contributed by atoms with E-state index in [1.54, 1.807) is 24.1 Å². The number of hydrogen-bond acceptors (Lipinski definition) is 3. The third-order valence-corrected chi connectivity index (χ3v) is 3.73. The molecule has 2 rings (SSSR count). The molecule has 1 aromatic rings. The van der Waals surface area contributed by atoms with Gasteiger partial charge in [0.2, 0.25) is 0 Å². The molecule has 4 nitrogen and oxygen atoms in total. The molecule has 19 heavy (non-hydrogen) atoms. The van der Waals surface area contributed by atoms with E-state index in [1.165, 1.54) is 6.07 Å². The van der Waals surface area contributed by atoms with Crippen molar-refractivity contribution in [1.29, 1.82) is 0 Å². The second-order valence-corrected chi connectivity index (χ2v) is 5.29. The van der Waals surface area contributed by atoms with Gasteiger partial charge in [-0.15, -0.1) is 0 Å². The summed E-state index contributed by atoms with van der Waals surface area (Å²) in [5.74, 6) is 0.328. The van der Waals surface area contributed by atoms with Crippen LogP contribution in [-0.2, 0) is 4.74 Å². The smallest absolute Gasteiger partial charge is 0.257 e. The fraction of sp³-hybridized carbons (Fsp3) is 0.500. The quantitative estimate of drug-likeness (QED) is 0.927. The second kappa shape index (κ2) is 6.26. The summed E-state index contributed by atoms with van der Waals surface area (Å²) in [4.78, 5) is 14.1. The zero-order valence-electron chi connectivity index (χ0n) is 10.9. The summed E-state index contributed by atoms with van der Waals surface area (Å²) in [5.41, 5.74) is 0.314. The van der Waals surface area contributed by atoms with Crippen molar-refractivity contribution >= 4 is 17.5 Å². The van der Waals surface area contributed by atoms with E-state index in [0.717, 1.165) is 19.4 Å². The Morgan fingerprint density at radius 2 is 2.16 bits per heavy atom. The Kier molecular flexibility index (Phi) is 4.66. The molecule has 1 amide bonds. The molecule has 5 heteroatoms. The molecule has 0 aliphatic carbocycles. The van der Waals surface area contributed by atoms with Gasteiger partial charge in [0.15, 0.2) is 0 Å². The number of carbonyl (C=O) groups excluding carboxylic acids is 1. The third kappa shape index (κ3) is 3.39. The minimum Gasteiger partial charge on any atom is -0.507 e. The average molecular weight is 284 g/mol. The van der Waals surface area contributed by atoms with Gasteiger partial charge in [-0.05, 0) is 37.0 Å². The largest absolute Gasteiger partial charge is 0.507 e. The van der Waals surface area contributed by atoms with Crippen LogP contribution in [-0.4, -0.2) is 42.7 Å². The first-order chi connectivity index (χ1) is 9.11. The van der Waals surface area contributed by atoms with Crippen LogP contribution in [0.25, 0.3) is 0 Å². The van der Waals surface area contributed by atoms with Crippen molar-refractivity contribution in [3.8, 4) is 5.75 Å². The lowest BCUT2D eigenvalue weighted by Gasteiger charge is -2.31. The van der Waals surface area contributed by atoms with Crippen LogP contribution in [0.5, 0.6) is 5.75 Å².